The van der Waals surface area contributed by atoms with Crippen molar-refractivity contribution in [1.29, 1.82) is 0 Å². The number of hydrogen-bond acceptors (Lipinski definition) is 7. The molecule has 0 bridgehead atoms. The van der Waals surface area contributed by atoms with E-state index in [1.54, 1.807) is 0 Å². The van der Waals surface area contributed by atoms with Gasteiger partial charge in [-0.2, -0.15) is 0 Å². The SMILES string of the molecule is CC1CC(=O)NCCN1c1ncc(OB(O)O)cn1. The van der Waals surface area contributed by atoms with E-state index in [-0.39, 0.29) is 17.7 Å². The zero-order valence-corrected chi connectivity index (χ0v) is 10.5. The molecule has 0 aromatic carbocycles. The van der Waals surface area contributed by atoms with Crippen LogP contribution in [0.4, 0.5) is 5.95 Å². The average molecular weight is 266 g/mol. The van der Waals surface area contributed by atoms with Crippen LogP contribution in [0, 0.1) is 0 Å². The molecule has 102 valence electrons. The third-order valence-corrected chi connectivity index (χ3v) is 2.80. The van der Waals surface area contributed by atoms with Crippen LogP contribution in [0.15, 0.2) is 12.4 Å². The minimum atomic E-state index is -1.90. The Morgan fingerprint density at radius 3 is 2.79 bits per heavy atom. The van der Waals surface area contributed by atoms with E-state index in [1.807, 2.05) is 11.8 Å². The van der Waals surface area contributed by atoms with Gasteiger partial charge in [-0.3, -0.25) is 4.79 Å². The van der Waals surface area contributed by atoms with Gasteiger partial charge in [-0.15, -0.1) is 0 Å². The Balaban J connectivity index is 2.10. The zero-order chi connectivity index (χ0) is 13.8. The second-order valence-electron chi connectivity index (χ2n) is 4.26. The highest BCUT2D eigenvalue weighted by molar-refractivity contribution is 6.33. The van der Waals surface area contributed by atoms with Crippen LogP contribution in [0.2, 0.25) is 0 Å². The molecule has 1 aliphatic rings. The molecule has 1 aromatic heterocycles. The molecule has 8 nitrogen and oxygen atoms in total. The fraction of sp³-hybridized carbons (Fsp3) is 0.500. The third kappa shape index (κ3) is 3.55. The van der Waals surface area contributed by atoms with E-state index in [4.69, 9.17) is 10.0 Å². The summed E-state index contributed by atoms with van der Waals surface area (Å²) in [6.45, 7) is 3.09. The minimum Gasteiger partial charge on any atom is -0.509 e. The number of carbonyl (C=O) groups excluding carboxylic acids is 1. The highest BCUT2D eigenvalue weighted by Crippen LogP contribution is 2.17. The van der Waals surface area contributed by atoms with Gasteiger partial charge in [0, 0.05) is 25.6 Å². The van der Waals surface area contributed by atoms with Crippen molar-refractivity contribution in [2.24, 2.45) is 0 Å². The molecule has 2 heterocycles. The van der Waals surface area contributed by atoms with Crippen LogP contribution in [0.1, 0.15) is 13.3 Å². The van der Waals surface area contributed by atoms with E-state index in [0.717, 1.165) is 0 Å². The van der Waals surface area contributed by atoms with E-state index < -0.39 is 7.32 Å². The number of amides is 1. The predicted molar refractivity (Wildman–Crippen MR) is 67.3 cm³/mol. The van der Waals surface area contributed by atoms with Crippen LogP contribution >= 0.6 is 0 Å². The molecular formula is C10H15BN4O4. The summed E-state index contributed by atoms with van der Waals surface area (Å²) in [7, 11) is -1.90. The van der Waals surface area contributed by atoms with Crippen molar-refractivity contribution in [3.05, 3.63) is 12.4 Å². The molecule has 1 unspecified atom stereocenters. The molecule has 1 fully saturated rings. The first-order valence-corrected chi connectivity index (χ1v) is 5.94. The Labute approximate surface area is 110 Å². The Bertz CT molecular complexity index is 442. The molecule has 1 atom stereocenters. The molecule has 0 saturated carbocycles. The quantitative estimate of drug-likeness (QED) is 0.574. The molecular weight excluding hydrogens is 251 g/mol. The smallest absolute Gasteiger partial charge is 0.509 e. The Morgan fingerprint density at radius 2 is 2.16 bits per heavy atom. The summed E-state index contributed by atoms with van der Waals surface area (Å²) in [5.41, 5.74) is 0. The van der Waals surface area contributed by atoms with E-state index in [0.29, 0.717) is 25.5 Å². The molecule has 0 spiro atoms. The summed E-state index contributed by atoms with van der Waals surface area (Å²) >= 11 is 0. The van der Waals surface area contributed by atoms with E-state index in [9.17, 15) is 4.79 Å². The second-order valence-corrected chi connectivity index (χ2v) is 4.26. The first kappa shape index (κ1) is 13.6. The Morgan fingerprint density at radius 1 is 1.47 bits per heavy atom. The lowest BCUT2D eigenvalue weighted by Gasteiger charge is -2.25. The maximum absolute atomic E-state index is 11.4. The fourth-order valence-corrected chi connectivity index (χ4v) is 1.92. The number of rotatable bonds is 3. The van der Waals surface area contributed by atoms with Crippen molar-refractivity contribution in [3.8, 4) is 5.75 Å². The molecule has 1 aromatic rings. The monoisotopic (exact) mass is 266 g/mol. The average Bonchev–Trinajstić information content (AvgIpc) is 2.50. The Kier molecular flexibility index (Phi) is 4.18. The lowest BCUT2D eigenvalue weighted by molar-refractivity contribution is -0.120. The second kappa shape index (κ2) is 5.85. The molecule has 0 aliphatic carbocycles. The van der Waals surface area contributed by atoms with E-state index in [2.05, 4.69) is 19.9 Å². The van der Waals surface area contributed by atoms with Gasteiger partial charge < -0.3 is 24.9 Å². The van der Waals surface area contributed by atoms with Crippen LogP contribution in [0.5, 0.6) is 5.75 Å². The predicted octanol–water partition coefficient (Wildman–Crippen LogP) is -1.46. The summed E-state index contributed by atoms with van der Waals surface area (Å²) in [6.07, 6.45) is 3.10. The number of nitrogens with one attached hydrogen (secondary N) is 1. The zero-order valence-electron chi connectivity index (χ0n) is 10.5. The molecule has 0 radical (unpaired) electrons. The standard InChI is InChI=1S/C10H15BN4O4/c1-7-4-9(16)12-2-3-15(7)10-13-5-8(6-14-10)19-11(17)18/h5-7,17-18H,2-4H2,1H3,(H,12,16). The summed E-state index contributed by atoms with van der Waals surface area (Å²) in [5.74, 6) is 0.651. The first-order valence-electron chi connectivity index (χ1n) is 5.94. The van der Waals surface area contributed by atoms with Gasteiger partial charge in [0.15, 0.2) is 0 Å². The maximum atomic E-state index is 11.4. The van der Waals surface area contributed by atoms with Gasteiger partial charge in [0.1, 0.15) is 5.75 Å². The molecule has 2 rings (SSSR count). The highest BCUT2D eigenvalue weighted by atomic mass is 16.6. The fourth-order valence-electron chi connectivity index (χ4n) is 1.92. The van der Waals surface area contributed by atoms with Gasteiger partial charge in [-0.25, -0.2) is 9.97 Å². The molecule has 3 N–H and O–H groups in total. The number of anilines is 1. The van der Waals surface area contributed by atoms with Crippen molar-refractivity contribution in [2.75, 3.05) is 18.0 Å². The van der Waals surface area contributed by atoms with Crippen LogP contribution in [0.3, 0.4) is 0 Å². The summed E-state index contributed by atoms with van der Waals surface area (Å²) < 4.78 is 4.63. The van der Waals surface area contributed by atoms with Gasteiger partial charge in [-0.1, -0.05) is 0 Å². The molecule has 1 amide bonds. The maximum Gasteiger partial charge on any atom is 0.707 e. The normalized spacial score (nSPS) is 19.6. The van der Waals surface area contributed by atoms with Gasteiger partial charge >= 0.3 is 7.32 Å². The molecule has 1 aliphatic heterocycles. The lowest BCUT2D eigenvalue weighted by Crippen LogP contribution is -2.35. The van der Waals surface area contributed by atoms with Crippen molar-refractivity contribution in [1.82, 2.24) is 15.3 Å². The van der Waals surface area contributed by atoms with Gasteiger partial charge in [0.25, 0.3) is 0 Å². The van der Waals surface area contributed by atoms with Gasteiger partial charge in [-0.05, 0) is 6.92 Å². The summed E-state index contributed by atoms with van der Waals surface area (Å²) in [5, 5.41) is 20.1. The topological polar surface area (TPSA) is 108 Å². The first-order chi connectivity index (χ1) is 9.06. The molecule has 9 heteroatoms. The minimum absolute atomic E-state index is 0.00213. The van der Waals surface area contributed by atoms with Crippen molar-refractivity contribution in [3.63, 3.8) is 0 Å². The summed E-state index contributed by atoms with van der Waals surface area (Å²) in [4.78, 5) is 21.5. The Hall–Kier alpha value is -1.87. The highest BCUT2D eigenvalue weighted by Gasteiger charge is 2.23. The van der Waals surface area contributed by atoms with Crippen LogP contribution in [-0.2, 0) is 4.79 Å². The van der Waals surface area contributed by atoms with Gasteiger partial charge in [0.2, 0.25) is 11.9 Å². The van der Waals surface area contributed by atoms with Crippen LogP contribution < -0.4 is 14.9 Å². The van der Waals surface area contributed by atoms with E-state index >= 15 is 0 Å². The third-order valence-electron chi connectivity index (χ3n) is 2.80. The number of nitrogens with zero attached hydrogens (tertiary/aromatic N) is 3. The van der Waals surface area contributed by atoms with Crippen molar-refractivity contribution < 1.29 is 19.5 Å². The largest absolute Gasteiger partial charge is 0.707 e. The molecule has 1 saturated heterocycles. The van der Waals surface area contributed by atoms with Gasteiger partial charge in [0.05, 0.1) is 12.4 Å². The summed E-state index contributed by atoms with van der Waals surface area (Å²) in [6, 6.07) is -0.00213. The molecule has 19 heavy (non-hydrogen) atoms. The van der Waals surface area contributed by atoms with Crippen molar-refractivity contribution >= 4 is 19.2 Å². The van der Waals surface area contributed by atoms with E-state index in [1.165, 1.54) is 12.4 Å². The number of aromatic nitrogens is 2. The van der Waals surface area contributed by atoms with Crippen LogP contribution in [0.25, 0.3) is 0 Å². The lowest BCUT2D eigenvalue weighted by atomic mass is 10.2. The number of carbonyl (C=O) groups is 1. The van der Waals surface area contributed by atoms with Crippen LogP contribution in [-0.4, -0.2) is 52.4 Å². The number of hydrogen-bond donors (Lipinski definition) is 3. The van der Waals surface area contributed by atoms with Crippen molar-refractivity contribution in [2.45, 2.75) is 19.4 Å².